The van der Waals surface area contributed by atoms with Gasteiger partial charge >= 0.3 is 11.9 Å². The van der Waals surface area contributed by atoms with E-state index >= 15 is 0 Å². The highest BCUT2D eigenvalue weighted by Crippen LogP contribution is 2.20. The first-order valence-electron chi connectivity index (χ1n) is 9.85. The maximum atomic E-state index is 12.3. The van der Waals surface area contributed by atoms with Crippen molar-refractivity contribution in [3.8, 4) is 0 Å². The summed E-state index contributed by atoms with van der Waals surface area (Å²) in [6, 6.07) is 3.80. The van der Waals surface area contributed by atoms with Crippen LogP contribution in [0.15, 0.2) is 29.1 Å². The van der Waals surface area contributed by atoms with Crippen molar-refractivity contribution in [2.75, 3.05) is 34.8 Å². The molecule has 0 saturated heterocycles. The number of rotatable bonds is 9. The lowest BCUT2D eigenvalue weighted by atomic mass is 10.1. The molecule has 8 N–H and O–H groups in total. The van der Waals surface area contributed by atoms with Crippen molar-refractivity contribution in [3.63, 3.8) is 0 Å². The molecule has 3 rings (SSSR count). The molecule has 2 aromatic rings. The summed E-state index contributed by atoms with van der Waals surface area (Å²) in [6.45, 7) is 0.859. The number of hydrogen-bond donors (Lipinski definition) is 7. The molecule has 176 valence electrons. The number of nitrogen functional groups attached to an aromatic ring is 1. The smallest absolute Gasteiger partial charge is 0.325 e. The number of carbonyl (C=O) groups excluding carboxylic acids is 1. The molecule has 1 aromatic carbocycles. The quantitative estimate of drug-likeness (QED) is 0.244. The van der Waals surface area contributed by atoms with E-state index in [4.69, 9.17) is 15.9 Å². The molecule has 2 heterocycles. The summed E-state index contributed by atoms with van der Waals surface area (Å²) < 4.78 is 0. The summed E-state index contributed by atoms with van der Waals surface area (Å²) in [7, 11) is 0. The van der Waals surface area contributed by atoms with Crippen LogP contribution in [0.25, 0.3) is 0 Å². The monoisotopic (exact) mass is 460 g/mol. The van der Waals surface area contributed by atoms with Crippen molar-refractivity contribution in [3.05, 3.63) is 45.4 Å². The first kappa shape index (κ1) is 23.3. The van der Waals surface area contributed by atoms with E-state index in [0.717, 1.165) is 0 Å². The molecule has 1 amide bonds. The zero-order valence-corrected chi connectivity index (χ0v) is 17.2. The van der Waals surface area contributed by atoms with E-state index in [9.17, 15) is 24.4 Å². The third kappa shape index (κ3) is 5.68. The van der Waals surface area contributed by atoms with Gasteiger partial charge in [0, 0.05) is 30.8 Å². The number of aromatic amines is 1. The normalized spacial score (nSPS) is 15.4. The minimum atomic E-state index is -1.80. The highest BCUT2D eigenvalue weighted by Gasteiger charge is 2.25. The Bertz CT molecular complexity index is 1100. The van der Waals surface area contributed by atoms with Gasteiger partial charge in [-0.2, -0.15) is 4.98 Å². The molecule has 0 aliphatic carbocycles. The van der Waals surface area contributed by atoms with Crippen LogP contribution in [0.5, 0.6) is 0 Å². The van der Waals surface area contributed by atoms with E-state index in [-0.39, 0.29) is 28.3 Å². The van der Waals surface area contributed by atoms with E-state index in [1.54, 1.807) is 0 Å². The zero-order chi connectivity index (χ0) is 24.1. The van der Waals surface area contributed by atoms with Gasteiger partial charge < -0.3 is 42.2 Å². The maximum absolute atomic E-state index is 12.3. The highest BCUT2D eigenvalue weighted by molar-refractivity contribution is 5.97. The van der Waals surface area contributed by atoms with Gasteiger partial charge in [-0.15, -0.1) is 0 Å². The molecule has 1 aromatic heterocycles. The Balaban J connectivity index is 1.58. The fraction of sp³-hybridized carbons (Fsp3) is 0.316. The second-order valence-corrected chi connectivity index (χ2v) is 7.27. The Hall–Kier alpha value is -4.33. The van der Waals surface area contributed by atoms with Crippen LogP contribution in [-0.2, 0) is 9.59 Å². The molecule has 33 heavy (non-hydrogen) atoms. The number of carbonyl (C=O) groups is 3. The van der Waals surface area contributed by atoms with Crippen molar-refractivity contribution in [2.45, 2.75) is 24.9 Å². The summed E-state index contributed by atoms with van der Waals surface area (Å²) in [6.07, 6.45) is -1.06. The van der Waals surface area contributed by atoms with Crippen molar-refractivity contribution in [1.29, 1.82) is 0 Å². The number of aliphatic carboxylic acids is 2. The van der Waals surface area contributed by atoms with Crippen molar-refractivity contribution >= 4 is 41.0 Å². The van der Waals surface area contributed by atoms with Crippen LogP contribution in [-0.4, -0.2) is 68.3 Å². The molecule has 14 heteroatoms. The number of hydrogen-bond acceptors (Lipinski definition) is 10. The number of carboxylic acid groups (broad SMARTS) is 2. The van der Waals surface area contributed by atoms with Crippen LogP contribution in [0.4, 0.5) is 23.1 Å². The van der Waals surface area contributed by atoms with E-state index < -0.39 is 42.3 Å². The van der Waals surface area contributed by atoms with Crippen LogP contribution < -0.4 is 27.2 Å². The lowest BCUT2D eigenvalue weighted by molar-refractivity contribution is -0.142. The minimum Gasteiger partial charge on any atom is -0.755 e. The number of aromatic nitrogens is 2. The van der Waals surface area contributed by atoms with Crippen LogP contribution in [0, 0.1) is 5.21 Å². The van der Waals surface area contributed by atoms with Crippen LogP contribution in [0.3, 0.4) is 0 Å². The number of amides is 1. The van der Waals surface area contributed by atoms with Crippen molar-refractivity contribution in [2.24, 2.45) is 0 Å². The highest BCUT2D eigenvalue weighted by atomic mass is 16.5. The zero-order valence-electron chi connectivity index (χ0n) is 17.2. The number of H-pyrrole nitrogens is 1. The number of nitrogens with one attached hydrogen (secondary N) is 4. The fourth-order valence-corrected chi connectivity index (χ4v) is 3.19. The van der Waals surface area contributed by atoms with Gasteiger partial charge in [-0.1, -0.05) is 0 Å². The van der Waals surface area contributed by atoms with Gasteiger partial charge in [0.15, 0.2) is 5.82 Å². The van der Waals surface area contributed by atoms with Gasteiger partial charge in [0.25, 0.3) is 5.56 Å². The van der Waals surface area contributed by atoms with Gasteiger partial charge in [0.05, 0.1) is 6.04 Å². The molecule has 0 spiro atoms. The molecule has 0 saturated carbocycles. The number of nitrogens with zero attached hydrogens (tertiary/aromatic N) is 2. The minimum absolute atomic E-state index is 0.00691. The lowest BCUT2D eigenvalue weighted by Gasteiger charge is -2.34. The molecule has 1 aliphatic heterocycles. The molecular weight excluding hydrogens is 438 g/mol. The Morgan fingerprint density at radius 2 is 1.97 bits per heavy atom. The Morgan fingerprint density at radius 1 is 1.27 bits per heavy atom. The number of hydroxylamine groups is 2. The second kappa shape index (κ2) is 9.86. The second-order valence-electron chi connectivity index (χ2n) is 7.27. The van der Waals surface area contributed by atoms with Crippen LogP contribution in [0.1, 0.15) is 23.2 Å². The predicted molar refractivity (Wildman–Crippen MR) is 118 cm³/mol. The molecule has 0 fully saturated rings. The van der Waals surface area contributed by atoms with Gasteiger partial charge in [0.2, 0.25) is 11.9 Å². The van der Waals surface area contributed by atoms with Gasteiger partial charge in [0.1, 0.15) is 11.7 Å². The van der Waals surface area contributed by atoms with E-state index in [1.165, 1.54) is 24.3 Å². The average molecular weight is 460 g/mol. The summed E-state index contributed by atoms with van der Waals surface area (Å²) in [5.41, 5.74) is 5.96. The Morgan fingerprint density at radius 3 is 2.61 bits per heavy atom. The molecule has 14 nitrogen and oxygen atoms in total. The van der Waals surface area contributed by atoms with E-state index in [1.807, 2.05) is 0 Å². The SMILES string of the molecule is Nc1nc2c(c(=O)[nH]1)N[C@H](CNc1ccc(C(=O)N([O-])[C@@H](CCC(=O)O)C(=O)O)cc1)CN2. The third-order valence-corrected chi connectivity index (χ3v) is 4.89. The van der Waals surface area contributed by atoms with Crippen LogP contribution >= 0.6 is 0 Å². The van der Waals surface area contributed by atoms with E-state index in [0.29, 0.717) is 24.6 Å². The van der Waals surface area contributed by atoms with Gasteiger partial charge in [-0.3, -0.25) is 24.2 Å². The third-order valence-electron chi connectivity index (χ3n) is 4.89. The first-order chi connectivity index (χ1) is 15.7. The molecule has 0 radical (unpaired) electrons. The predicted octanol–water partition coefficient (Wildman–Crippen LogP) is -0.0718. The number of nitrogens with two attached hydrogens (primary N) is 1. The molecule has 0 unspecified atom stereocenters. The number of fused-ring (bicyclic) bond motifs is 1. The standard InChI is InChI=1S/C19H22N7O7/c20-19-24-15-14(16(29)25-19)23-11(8-22-15)7-21-10-3-1-9(2-4-10)17(30)26(33)12(18(31)32)5-6-13(27)28/h1-4,11-12,21,23H,5-8H2,(H,27,28)(H,31,32)(H4,20,22,24,25,29)/q-1/t11-,12+/m1/s1. The molecular formula is C19H22N7O7-. The lowest BCUT2D eigenvalue weighted by Crippen LogP contribution is -2.41. The van der Waals surface area contributed by atoms with Crippen molar-refractivity contribution < 1.29 is 24.6 Å². The first-order valence-corrected chi connectivity index (χ1v) is 9.85. The summed E-state index contributed by atoms with van der Waals surface area (Å²) >= 11 is 0. The summed E-state index contributed by atoms with van der Waals surface area (Å²) in [4.78, 5) is 52.7. The maximum Gasteiger partial charge on any atom is 0.325 e. The fourth-order valence-electron chi connectivity index (χ4n) is 3.19. The Kier molecular flexibility index (Phi) is 6.97. The van der Waals surface area contributed by atoms with Crippen LogP contribution in [0.2, 0.25) is 0 Å². The number of benzene rings is 1. The van der Waals surface area contributed by atoms with Crippen molar-refractivity contribution in [1.82, 2.24) is 15.0 Å². The van der Waals surface area contributed by atoms with Gasteiger partial charge in [-0.25, -0.2) is 0 Å². The summed E-state index contributed by atoms with van der Waals surface area (Å²) in [5.74, 6) is -3.56. The molecule has 1 aliphatic rings. The molecule has 2 atom stereocenters. The van der Waals surface area contributed by atoms with Gasteiger partial charge in [-0.05, 0) is 30.7 Å². The Labute approximate surface area is 186 Å². The van der Waals surface area contributed by atoms with E-state index in [2.05, 4.69) is 25.9 Å². The summed E-state index contributed by atoms with van der Waals surface area (Å²) in [5, 5.41) is 39.0. The number of carboxylic acids is 2. The molecule has 0 bridgehead atoms. The largest absolute Gasteiger partial charge is 0.755 e. The average Bonchev–Trinajstić information content (AvgIpc) is 2.77. The topological polar surface area (TPSA) is 226 Å². The number of anilines is 4.